The zero-order valence-electron chi connectivity index (χ0n) is 14.7. The number of aromatic nitrogens is 1. The summed E-state index contributed by atoms with van der Waals surface area (Å²) >= 11 is 0. The number of likely N-dealkylation sites (tertiary alicyclic amines) is 2. The van der Waals surface area contributed by atoms with Crippen molar-refractivity contribution in [2.75, 3.05) is 26.2 Å². The Balaban J connectivity index is 1.31. The Bertz CT molecular complexity index is 714. The van der Waals surface area contributed by atoms with E-state index in [1.807, 2.05) is 29.3 Å². The Labute approximate surface area is 148 Å². The average Bonchev–Trinajstić information content (AvgIpc) is 3.05. The van der Waals surface area contributed by atoms with E-state index in [0.29, 0.717) is 11.7 Å². The van der Waals surface area contributed by atoms with E-state index in [1.54, 1.807) is 6.20 Å². The molecule has 2 fully saturated rings. The molecule has 1 amide bonds. The van der Waals surface area contributed by atoms with Crippen molar-refractivity contribution in [2.45, 2.75) is 32.2 Å². The van der Waals surface area contributed by atoms with E-state index in [9.17, 15) is 4.79 Å². The first kappa shape index (κ1) is 16.3. The van der Waals surface area contributed by atoms with Gasteiger partial charge in [-0.2, -0.15) is 0 Å². The van der Waals surface area contributed by atoms with Gasteiger partial charge in [-0.15, -0.1) is 0 Å². The minimum Gasteiger partial charge on any atom is -0.455 e. The zero-order chi connectivity index (χ0) is 17.2. The lowest BCUT2D eigenvalue weighted by Crippen LogP contribution is -2.48. The van der Waals surface area contributed by atoms with Crippen LogP contribution >= 0.6 is 0 Å². The lowest BCUT2D eigenvalue weighted by molar-refractivity contribution is 0.0565. The molecule has 25 heavy (non-hydrogen) atoms. The maximum atomic E-state index is 12.6. The van der Waals surface area contributed by atoms with Crippen molar-refractivity contribution in [3.63, 3.8) is 0 Å². The zero-order valence-corrected chi connectivity index (χ0v) is 14.7. The van der Waals surface area contributed by atoms with Crippen LogP contribution in [0.2, 0.25) is 0 Å². The van der Waals surface area contributed by atoms with Crippen molar-refractivity contribution >= 4 is 5.91 Å². The minimum absolute atomic E-state index is 0.00124. The number of carbonyl (C=O) groups excluding carboxylic acids is 1. The van der Waals surface area contributed by atoms with Crippen molar-refractivity contribution in [1.29, 1.82) is 0 Å². The molecule has 0 aromatic carbocycles. The lowest BCUT2D eigenvalue weighted by atomic mass is 9.92. The van der Waals surface area contributed by atoms with Crippen LogP contribution in [0.15, 0.2) is 41.1 Å². The third-order valence-corrected chi connectivity index (χ3v) is 5.45. The van der Waals surface area contributed by atoms with Crippen LogP contribution < -0.4 is 0 Å². The normalized spacial score (nSPS) is 19.8. The summed E-state index contributed by atoms with van der Waals surface area (Å²) in [4.78, 5) is 21.0. The molecule has 2 aliphatic heterocycles. The maximum Gasteiger partial charge on any atom is 0.289 e. The van der Waals surface area contributed by atoms with Gasteiger partial charge in [-0.1, -0.05) is 13.0 Å². The molecule has 4 rings (SSSR count). The van der Waals surface area contributed by atoms with Crippen molar-refractivity contribution in [3.05, 3.63) is 53.7 Å². The van der Waals surface area contributed by atoms with Crippen LogP contribution in [-0.4, -0.2) is 46.9 Å². The number of hydrogen-bond donors (Lipinski definition) is 0. The number of carbonyl (C=O) groups is 1. The van der Waals surface area contributed by atoms with Gasteiger partial charge in [0.1, 0.15) is 5.76 Å². The molecule has 0 atom stereocenters. The van der Waals surface area contributed by atoms with E-state index in [-0.39, 0.29) is 5.91 Å². The summed E-state index contributed by atoms with van der Waals surface area (Å²) in [5.74, 6) is 2.57. The molecule has 0 radical (unpaired) electrons. The average molecular weight is 339 g/mol. The molecule has 2 aliphatic rings. The number of piperidine rings is 1. The summed E-state index contributed by atoms with van der Waals surface area (Å²) in [5, 5.41) is 0. The van der Waals surface area contributed by atoms with Crippen LogP contribution in [0.3, 0.4) is 0 Å². The van der Waals surface area contributed by atoms with Crippen molar-refractivity contribution in [2.24, 2.45) is 5.92 Å². The summed E-state index contributed by atoms with van der Waals surface area (Å²) in [6.45, 7) is 6.83. The lowest BCUT2D eigenvalue weighted by Gasteiger charge is -2.38. The molecule has 0 aliphatic carbocycles. The smallest absolute Gasteiger partial charge is 0.289 e. The maximum absolute atomic E-state index is 12.6. The van der Waals surface area contributed by atoms with Gasteiger partial charge in [-0.25, -0.2) is 0 Å². The molecule has 2 aromatic rings. The fourth-order valence-corrected chi connectivity index (χ4v) is 3.65. The number of amides is 1. The number of nitrogens with zero attached hydrogens (tertiary/aromatic N) is 3. The van der Waals surface area contributed by atoms with Gasteiger partial charge < -0.3 is 9.32 Å². The molecule has 4 heterocycles. The highest BCUT2D eigenvalue weighted by Crippen LogP contribution is 2.28. The standard InChI is InChI=1S/C20H25N3O2/c1-15-6-9-22(10-7-15)14-18-4-5-19(25-18)20(24)23-12-17(13-23)16-3-2-8-21-11-16/h2-5,8,11,15,17H,6-7,9-10,12-14H2,1H3. The Kier molecular flexibility index (Phi) is 4.57. The summed E-state index contributed by atoms with van der Waals surface area (Å²) in [7, 11) is 0. The second kappa shape index (κ2) is 7.00. The third-order valence-electron chi connectivity index (χ3n) is 5.45. The van der Waals surface area contributed by atoms with E-state index in [0.717, 1.165) is 44.4 Å². The largest absolute Gasteiger partial charge is 0.455 e. The number of pyridine rings is 1. The van der Waals surface area contributed by atoms with Crippen LogP contribution in [0.5, 0.6) is 0 Å². The summed E-state index contributed by atoms with van der Waals surface area (Å²) in [6, 6.07) is 7.79. The summed E-state index contributed by atoms with van der Waals surface area (Å²) < 4.78 is 5.83. The Morgan fingerprint density at radius 3 is 2.76 bits per heavy atom. The molecule has 0 saturated carbocycles. The Morgan fingerprint density at radius 1 is 1.24 bits per heavy atom. The Hall–Kier alpha value is -2.14. The van der Waals surface area contributed by atoms with Gasteiger partial charge in [0.15, 0.2) is 5.76 Å². The predicted octanol–water partition coefficient (Wildman–Crippen LogP) is 3.15. The van der Waals surface area contributed by atoms with Crippen LogP contribution in [-0.2, 0) is 6.54 Å². The second-order valence-corrected chi connectivity index (χ2v) is 7.42. The van der Waals surface area contributed by atoms with Crippen LogP contribution in [0.25, 0.3) is 0 Å². The molecular weight excluding hydrogens is 314 g/mol. The van der Waals surface area contributed by atoms with E-state index in [2.05, 4.69) is 22.9 Å². The van der Waals surface area contributed by atoms with Gasteiger partial charge in [0.05, 0.1) is 6.54 Å². The first-order valence-electron chi connectivity index (χ1n) is 9.19. The van der Waals surface area contributed by atoms with Gasteiger partial charge in [0.25, 0.3) is 5.91 Å². The Morgan fingerprint density at radius 2 is 2.04 bits per heavy atom. The first-order chi connectivity index (χ1) is 12.2. The number of hydrogen-bond acceptors (Lipinski definition) is 4. The predicted molar refractivity (Wildman–Crippen MR) is 95.3 cm³/mol. The summed E-state index contributed by atoms with van der Waals surface area (Å²) in [6.07, 6.45) is 6.15. The highest BCUT2D eigenvalue weighted by molar-refractivity contribution is 5.92. The molecule has 0 N–H and O–H groups in total. The van der Waals surface area contributed by atoms with E-state index in [1.165, 1.54) is 18.4 Å². The van der Waals surface area contributed by atoms with Gasteiger partial charge in [0.2, 0.25) is 0 Å². The monoisotopic (exact) mass is 339 g/mol. The highest BCUT2D eigenvalue weighted by atomic mass is 16.4. The van der Waals surface area contributed by atoms with Crippen LogP contribution in [0.1, 0.15) is 47.6 Å². The van der Waals surface area contributed by atoms with Gasteiger partial charge in [0, 0.05) is 31.4 Å². The van der Waals surface area contributed by atoms with E-state index >= 15 is 0 Å². The third kappa shape index (κ3) is 3.61. The van der Waals surface area contributed by atoms with E-state index in [4.69, 9.17) is 4.42 Å². The molecule has 2 saturated heterocycles. The molecule has 0 spiro atoms. The molecule has 2 aromatic heterocycles. The number of rotatable bonds is 4. The fourth-order valence-electron chi connectivity index (χ4n) is 3.65. The molecule has 5 heteroatoms. The van der Waals surface area contributed by atoms with E-state index < -0.39 is 0 Å². The number of furan rings is 1. The fraction of sp³-hybridized carbons (Fsp3) is 0.500. The van der Waals surface area contributed by atoms with Gasteiger partial charge >= 0.3 is 0 Å². The first-order valence-corrected chi connectivity index (χ1v) is 9.19. The van der Waals surface area contributed by atoms with Crippen molar-refractivity contribution < 1.29 is 9.21 Å². The molecule has 0 unspecified atom stereocenters. The quantitative estimate of drug-likeness (QED) is 0.859. The van der Waals surface area contributed by atoms with Crippen molar-refractivity contribution in [1.82, 2.24) is 14.8 Å². The minimum atomic E-state index is -0.00124. The van der Waals surface area contributed by atoms with Gasteiger partial charge in [-0.05, 0) is 55.6 Å². The summed E-state index contributed by atoms with van der Waals surface area (Å²) in [5.41, 5.74) is 1.20. The van der Waals surface area contributed by atoms with Gasteiger partial charge in [-0.3, -0.25) is 14.7 Å². The topological polar surface area (TPSA) is 49.6 Å². The van der Waals surface area contributed by atoms with Crippen LogP contribution in [0, 0.1) is 5.92 Å². The molecular formula is C20H25N3O2. The SMILES string of the molecule is CC1CCN(Cc2ccc(C(=O)N3CC(c4cccnc4)C3)o2)CC1. The van der Waals surface area contributed by atoms with Crippen LogP contribution in [0.4, 0.5) is 0 Å². The molecule has 0 bridgehead atoms. The van der Waals surface area contributed by atoms with Crippen molar-refractivity contribution in [3.8, 4) is 0 Å². The molecule has 132 valence electrons. The molecule has 5 nitrogen and oxygen atoms in total. The highest BCUT2D eigenvalue weighted by Gasteiger charge is 2.33. The second-order valence-electron chi connectivity index (χ2n) is 7.42.